The molecule has 256 valence electrons. The van der Waals surface area contributed by atoms with Crippen molar-refractivity contribution < 1.29 is 18.3 Å². The molecule has 2 saturated heterocycles. The van der Waals surface area contributed by atoms with Gasteiger partial charge in [-0.25, -0.2) is 9.37 Å². The monoisotopic (exact) mass is 718 g/mol. The van der Waals surface area contributed by atoms with Gasteiger partial charge in [0.15, 0.2) is 0 Å². The first-order chi connectivity index (χ1) is 24.8. The number of hydrogen-bond acceptors (Lipinski definition) is 9. The standard InChI is InChI=1S/C39H32ClFN6O3S/c1-19-45-46-37(50-19)31-28(9-5-20-3-6-24(41)7-4-20)43-35-33(38(48)47-18-21-16-39(35,47)17-21)32(31)30-13-22-11-12-42-36(34(22)51-30)44-27-10-8-25-26(27)14-23(40)15-29(25)49-2/h3-4,6-7,11-15,21,27H,5,8-10,16-18H2,1-2H3,(H,42,44)/t21?,27-,39?/m0/s1. The average molecular weight is 719 g/mol. The van der Waals surface area contributed by atoms with E-state index in [0.29, 0.717) is 46.7 Å². The van der Waals surface area contributed by atoms with Crippen molar-refractivity contribution in [3.63, 3.8) is 0 Å². The van der Waals surface area contributed by atoms with Crippen molar-refractivity contribution in [1.29, 1.82) is 0 Å². The van der Waals surface area contributed by atoms with Crippen LogP contribution in [0.4, 0.5) is 10.2 Å². The summed E-state index contributed by atoms with van der Waals surface area (Å²) < 4.78 is 26.6. The minimum Gasteiger partial charge on any atom is -0.496 e. The molecule has 1 saturated carbocycles. The molecule has 11 rings (SSSR count). The predicted octanol–water partition coefficient (Wildman–Crippen LogP) is 8.48. The number of ether oxygens (including phenoxy) is 1. The van der Waals surface area contributed by atoms with Crippen molar-refractivity contribution in [1.82, 2.24) is 25.1 Å². The third kappa shape index (κ3) is 4.67. The van der Waals surface area contributed by atoms with E-state index in [1.807, 2.05) is 29.3 Å². The fraction of sp³-hybridized carbons (Fsp3) is 0.308. The summed E-state index contributed by atoms with van der Waals surface area (Å²) in [6, 6.07) is 14.6. The molecular weight excluding hydrogens is 687 g/mol. The molecule has 4 aromatic heterocycles. The maximum absolute atomic E-state index is 14.5. The van der Waals surface area contributed by atoms with Gasteiger partial charge in [0.1, 0.15) is 17.4 Å². The van der Waals surface area contributed by atoms with Crippen LogP contribution in [0.2, 0.25) is 5.02 Å². The van der Waals surface area contributed by atoms with Crippen molar-refractivity contribution >= 4 is 44.7 Å². The summed E-state index contributed by atoms with van der Waals surface area (Å²) in [7, 11) is 1.67. The lowest BCUT2D eigenvalue weighted by atomic mass is 9.71. The van der Waals surface area contributed by atoms with E-state index in [9.17, 15) is 9.18 Å². The van der Waals surface area contributed by atoms with Crippen LogP contribution in [-0.4, -0.2) is 44.6 Å². The molecule has 1 atom stereocenters. The lowest BCUT2D eigenvalue weighted by molar-refractivity contribution is 0.0637. The van der Waals surface area contributed by atoms with Gasteiger partial charge in [0, 0.05) is 35.1 Å². The minimum absolute atomic E-state index is 0.0100. The molecule has 3 aliphatic heterocycles. The summed E-state index contributed by atoms with van der Waals surface area (Å²) in [4.78, 5) is 27.6. The summed E-state index contributed by atoms with van der Waals surface area (Å²) in [5, 5.41) is 14.0. The van der Waals surface area contributed by atoms with Gasteiger partial charge >= 0.3 is 0 Å². The number of methoxy groups -OCH3 is 1. The third-order valence-corrected chi connectivity index (χ3v) is 12.6. The van der Waals surface area contributed by atoms with E-state index in [4.69, 9.17) is 30.7 Å². The molecule has 1 spiro atoms. The molecule has 0 radical (unpaired) electrons. The van der Waals surface area contributed by atoms with Crippen LogP contribution in [0.15, 0.2) is 59.1 Å². The van der Waals surface area contributed by atoms with Crippen LogP contribution >= 0.6 is 22.9 Å². The van der Waals surface area contributed by atoms with Gasteiger partial charge in [-0.1, -0.05) is 23.7 Å². The SMILES string of the molecule is COc1cc(Cl)cc2c1CC[C@@H]2Nc1nccc2cc(-c3c4c(nc(CCc5ccc(F)cc5)c3-c3nnc(C)o3)C35CC(CN3C4=O)C5)sc12. The smallest absolute Gasteiger partial charge is 0.257 e. The van der Waals surface area contributed by atoms with Crippen LogP contribution in [0.5, 0.6) is 5.75 Å². The number of anilines is 1. The molecule has 0 unspecified atom stereocenters. The predicted molar refractivity (Wildman–Crippen MR) is 193 cm³/mol. The first-order valence-corrected chi connectivity index (χ1v) is 18.4. The van der Waals surface area contributed by atoms with E-state index in [-0.39, 0.29) is 23.3 Å². The fourth-order valence-electron chi connectivity index (χ4n) is 8.90. The second-order valence-electron chi connectivity index (χ2n) is 14.1. The Morgan fingerprint density at radius 1 is 1.10 bits per heavy atom. The number of carbonyl (C=O) groups excluding carboxylic acids is 1. The third-order valence-electron chi connectivity index (χ3n) is 11.2. The normalized spacial score (nSPS) is 21.2. The summed E-state index contributed by atoms with van der Waals surface area (Å²) >= 11 is 8.10. The molecule has 1 N–H and O–H groups in total. The summed E-state index contributed by atoms with van der Waals surface area (Å²) in [6.07, 6.45) is 6.59. The van der Waals surface area contributed by atoms with E-state index in [1.54, 1.807) is 37.5 Å². The van der Waals surface area contributed by atoms with Crippen LogP contribution in [0.1, 0.15) is 69.6 Å². The Kier molecular flexibility index (Phi) is 6.86. The van der Waals surface area contributed by atoms with Gasteiger partial charge in [0.25, 0.3) is 5.91 Å². The lowest BCUT2D eigenvalue weighted by Gasteiger charge is -2.37. The number of pyridine rings is 2. The second kappa shape index (κ2) is 11.3. The van der Waals surface area contributed by atoms with Gasteiger partial charge in [-0.15, -0.1) is 21.5 Å². The quantitative estimate of drug-likeness (QED) is 0.167. The Hall–Kier alpha value is -4.87. The Balaban J connectivity index is 1.14. The molecule has 2 aliphatic carbocycles. The number of nitrogens with zero attached hydrogens (tertiary/aromatic N) is 5. The van der Waals surface area contributed by atoms with Gasteiger partial charge < -0.3 is 19.4 Å². The second-order valence-corrected chi connectivity index (χ2v) is 15.6. The van der Waals surface area contributed by atoms with Crippen molar-refractivity contribution in [2.75, 3.05) is 19.0 Å². The number of hydrogen-bond donors (Lipinski definition) is 1. The van der Waals surface area contributed by atoms with Gasteiger partial charge in [-0.3, -0.25) is 9.78 Å². The molecule has 2 bridgehead atoms. The highest BCUT2D eigenvalue weighted by Crippen LogP contribution is 2.63. The number of nitrogens with one attached hydrogen (secondary N) is 1. The Labute approximate surface area is 301 Å². The first kappa shape index (κ1) is 30.9. The van der Waals surface area contributed by atoms with Gasteiger partial charge in [0.2, 0.25) is 11.8 Å². The lowest BCUT2D eigenvalue weighted by Crippen LogP contribution is -2.40. The largest absolute Gasteiger partial charge is 0.496 e. The molecule has 2 aromatic carbocycles. The highest BCUT2D eigenvalue weighted by atomic mass is 35.5. The number of carbonyl (C=O) groups is 1. The first-order valence-electron chi connectivity index (χ1n) is 17.3. The Morgan fingerprint density at radius 3 is 2.73 bits per heavy atom. The molecule has 1 amide bonds. The van der Waals surface area contributed by atoms with Crippen LogP contribution in [0.3, 0.4) is 0 Å². The van der Waals surface area contributed by atoms with Crippen LogP contribution in [0.25, 0.3) is 32.0 Å². The molecule has 3 fully saturated rings. The van der Waals surface area contributed by atoms with E-state index < -0.39 is 0 Å². The molecule has 12 heteroatoms. The number of aromatic nitrogens is 4. The van der Waals surface area contributed by atoms with Crippen molar-refractivity contribution in [2.45, 2.75) is 57.0 Å². The zero-order chi connectivity index (χ0) is 34.6. The zero-order valence-corrected chi connectivity index (χ0v) is 29.5. The van der Waals surface area contributed by atoms with Gasteiger partial charge in [-0.05, 0) is 103 Å². The molecule has 5 aliphatic rings. The molecule has 51 heavy (non-hydrogen) atoms. The molecular formula is C39H32ClFN6O3S. The number of halogens is 2. The van der Waals surface area contributed by atoms with Gasteiger partial charge in [-0.2, -0.15) is 0 Å². The number of fused-ring (bicyclic) bond motifs is 3. The average Bonchev–Trinajstić information content (AvgIpc) is 3.96. The van der Waals surface area contributed by atoms with Crippen molar-refractivity contribution in [3.05, 3.63) is 105 Å². The van der Waals surface area contributed by atoms with Gasteiger partial charge in [0.05, 0.1) is 45.9 Å². The number of rotatable bonds is 8. The Morgan fingerprint density at radius 2 is 1.94 bits per heavy atom. The highest BCUT2D eigenvalue weighted by molar-refractivity contribution is 7.23. The highest BCUT2D eigenvalue weighted by Gasteiger charge is 2.65. The molecule has 9 nitrogen and oxygen atoms in total. The van der Waals surface area contributed by atoms with Crippen molar-refractivity contribution in [3.8, 4) is 27.6 Å². The maximum Gasteiger partial charge on any atom is 0.257 e. The number of thiophene rings is 1. The topological polar surface area (TPSA) is 106 Å². The minimum atomic E-state index is -0.372. The number of amides is 1. The van der Waals surface area contributed by atoms with E-state index >= 15 is 0 Å². The zero-order valence-electron chi connectivity index (χ0n) is 27.9. The van der Waals surface area contributed by atoms with Crippen molar-refractivity contribution in [2.24, 2.45) is 5.92 Å². The van der Waals surface area contributed by atoms with E-state index in [2.05, 4.69) is 21.6 Å². The van der Waals surface area contributed by atoms with E-state index in [0.717, 1.165) is 92.4 Å². The number of benzene rings is 2. The van der Waals surface area contributed by atoms with Crippen LogP contribution in [0, 0.1) is 18.7 Å². The van der Waals surface area contributed by atoms with E-state index in [1.165, 1.54) is 12.1 Å². The fourth-order valence-corrected chi connectivity index (χ4v) is 10.3. The summed E-state index contributed by atoms with van der Waals surface area (Å²) in [6.45, 7) is 2.51. The van der Waals surface area contributed by atoms with Crippen LogP contribution in [-0.2, 0) is 24.8 Å². The number of aryl methyl sites for hydroxylation is 3. The Bertz CT molecular complexity index is 2420. The molecule has 6 aromatic rings. The summed E-state index contributed by atoms with van der Waals surface area (Å²) in [5.41, 5.74) is 6.63. The molecule has 7 heterocycles. The maximum atomic E-state index is 14.5. The van der Waals surface area contributed by atoms with Crippen LogP contribution < -0.4 is 10.1 Å². The summed E-state index contributed by atoms with van der Waals surface area (Å²) in [5.74, 6) is 2.58.